The Balaban J connectivity index is 1.56. The molecule has 0 aromatic heterocycles. The highest BCUT2D eigenvalue weighted by Crippen LogP contribution is 2.36. The van der Waals surface area contributed by atoms with Crippen LogP contribution < -0.4 is 10.6 Å². The molecule has 4 nitrogen and oxygen atoms in total. The van der Waals surface area contributed by atoms with Gasteiger partial charge in [-0.15, -0.1) is 0 Å². The van der Waals surface area contributed by atoms with Gasteiger partial charge in [0.05, 0.1) is 13.2 Å². The number of morpholine rings is 1. The van der Waals surface area contributed by atoms with Gasteiger partial charge in [-0.1, -0.05) is 19.6 Å². The van der Waals surface area contributed by atoms with Gasteiger partial charge < -0.3 is 15.4 Å². The molecule has 2 aliphatic heterocycles. The first-order valence-corrected chi connectivity index (χ1v) is 9.05. The van der Waals surface area contributed by atoms with E-state index in [0.717, 1.165) is 38.5 Å². The molecule has 2 N–H and O–H groups in total. The van der Waals surface area contributed by atoms with Gasteiger partial charge in [0.1, 0.15) is 0 Å². The van der Waals surface area contributed by atoms with Gasteiger partial charge in [0.2, 0.25) is 0 Å². The normalized spacial score (nSPS) is 25.8. The van der Waals surface area contributed by atoms with E-state index in [-0.39, 0.29) is 5.54 Å². The zero-order chi connectivity index (χ0) is 17.3. The lowest BCUT2D eigenvalue weighted by atomic mass is 9.96. The summed E-state index contributed by atoms with van der Waals surface area (Å²) in [4.78, 5) is 2.49. The molecule has 1 saturated heterocycles. The van der Waals surface area contributed by atoms with Gasteiger partial charge in [-0.2, -0.15) is 0 Å². The van der Waals surface area contributed by atoms with Crippen LogP contribution in [0.1, 0.15) is 44.7 Å². The van der Waals surface area contributed by atoms with E-state index in [4.69, 9.17) is 4.74 Å². The van der Waals surface area contributed by atoms with Crippen LogP contribution in [0, 0.1) is 0 Å². The number of anilines is 1. The van der Waals surface area contributed by atoms with E-state index < -0.39 is 0 Å². The summed E-state index contributed by atoms with van der Waals surface area (Å²) in [5.74, 6) is 0.543. The lowest BCUT2D eigenvalue weighted by Gasteiger charge is -2.42. The number of ether oxygens (including phenoxy) is 1. The lowest BCUT2D eigenvalue weighted by molar-refractivity contribution is -0.0496. The minimum absolute atomic E-state index is 0.117. The number of hydrogen-bond donors (Lipinski definition) is 2. The molecule has 1 aromatic carbocycles. The first kappa shape index (κ1) is 17.3. The summed E-state index contributed by atoms with van der Waals surface area (Å²) >= 11 is 0. The Kier molecular flexibility index (Phi) is 4.88. The summed E-state index contributed by atoms with van der Waals surface area (Å²) in [7, 11) is 0. The van der Waals surface area contributed by atoms with E-state index >= 15 is 0 Å². The van der Waals surface area contributed by atoms with Crippen LogP contribution in [0.5, 0.6) is 0 Å². The second-order valence-corrected chi connectivity index (χ2v) is 7.78. The third-order valence-corrected chi connectivity index (χ3v) is 5.56. The molecule has 0 aliphatic carbocycles. The van der Waals surface area contributed by atoms with E-state index in [1.807, 2.05) is 0 Å². The van der Waals surface area contributed by atoms with Crippen molar-refractivity contribution >= 4 is 11.4 Å². The predicted octanol–water partition coefficient (Wildman–Crippen LogP) is 3.28. The monoisotopic (exact) mass is 329 g/mol. The van der Waals surface area contributed by atoms with Crippen LogP contribution in [0.25, 0.3) is 5.70 Å². The minimum Gasteiger partial charge on any atom is -0.384 e. The molecule has 0 saturated carbocycles. The first-order valence-electron chi connectivity index (χ1n) is 9.05. The van der Waals surface area contributed by atoms with Crippen molar-refractivity contribution in [3.8, 4) is 0 Å². The fourth-order valence-electron chi connectivity index (χ4n) is 3.65. The Morgan fingerprint density at radius 1 is 1.42 bits per heavy atom. The molecule has 1 aromatic rings. The second kappa shape index (κ2) is 6.77. The van der Waals surface area contributed by atoms with Crippen LogP contribution in [0.3, 0.4) is 0 Å². The topological polar surface area (TPSA) is 36.5 Å². The minimum atomic E-state index is 0.117. The van der Waals surface area contributed by atoms with Gasteiger partial charge in [-0.05, 0) is 44.0 Å². The first-order chi connectivity index (χ1) is 11.4. The maximum absolute atomic E-state index is 5.59. The largest absolute Gasteiger partial charge is 0.384 e. The Bertz CT molecular complexity index is 611. The third kappa shape index (κ3) is 3.45. The molecule has 4 heteroatoms. The number of fused-ring (bicyclic) bond motifs is 1. The second-order valence-electron chi connectivity index (χ2n) is 7.78. The molecule has 0 spiro atoms. The predicted molar refractivity (Wildman–Crippen MR) is 101 cm³/mol. The Hall–Kier alpha value is -1.52. The molecule has 0 amide bonds. The summed E-state index contributed by atoms with van der Waals surface area (Å²) in [5, 5.41) is 7.04. The number of benzene rings is 1. The summed E-state index contributed by atoms with van der Waals surface area (Å²) < 4.78 is 5.59. The van der Waals surface area contributed by atoms with Gasteiger partial charge in [0.15, 0.2) is 0 Å². The zero-order valence-electron chi connectivity index (χ0n) is 15.5. The molecular weight excluding hydrogens is 298 g/mol. The number of nitrogens with zero attached hydrogens (tertiary/aromatic N) is 1. The van der Waals surface area contributed by atoms with Crippen molar-refractivity contribution in [1.29, 1.82) is 0 Å². The maximum Gasteiger partial charge on any atom is 0.0645 e. The van der Waals surface area contributed by atoms with Crippen molar-refractivity contribution in [2.75, 3.05) is 38.2 Å². The standard InChI is InChI=1S/C20H31N3O/c1-14-15(2)22-19-7-6-17(12-18(14)19)16(3)21-8-9-23-10-11-24-13-20(23,4)5/h6-7,12,14-15,21-22H,3,8-11,13H2,1-2,4-5H3. The summed E-state index contributed by atoms with van der Waals surface area (Å²) in [6.07, 6.45) is 0. The molecule has 2 heterocycles. The van der Waals surface area contributed by atoms with Gasteiger partial charge in [0, 0.05) is 48.5 Å². The van der Waals surface area contributed by atoms with Gasteiger partial charge in [-0.3, -0.25) is 4.90 Å². The van der Waals surface area contributed by atoms with Crippen LogP contribution in [0.4, 0.5) is 5.69 Å². The molecule has 2 atom stereocenters. The number of hydrogen-bond acceptors (Lipinski definition) is 4. The van der Waals surface area contributed by atoms with E-state index in [1.165, 1.54) is 16.8 Å². The molecule has 2 unspecified atom stereocenters. The van der Waals surface area contributed by atoms with E-state index in [1.54, 1.807) is 0 Å². The van der Waals surface area contributed by atoms with Crippen molar-refractivity contribution in [3.05, 3.63) is 35.9 Å². The quantitative estimate of drug-likeness (QED) is 0.869. The van der Waals surface area contributed by atoms with Crippen molar-refractivity contribution in [2.45, 2.75) is 45.2 Å². The zero-order valence-corrected chi connectivity index (χ0v) is 15.5. The lowest BCUT2D eigenvalue weighted by Crippen LogP contribution is -2.54. The molecule has 132 valence electrons. The summed E-state index contributed by atoms with van der Waals surface area (Å²) in [6.45, 7) is 17.8. The van der Waals surface area contributed by atoms with Crippen LogP contribution >= 0.6 is 0 Å². The highest BCUT2D eigenvalue weighted by molar-refractivity contribution is 5.69. The molecule has 0 radical (unpaired) electrons. The molecule has 2 aliphatic rings. The van der Waals surface area contributed by atoms with Crippen LogP contribution in [-0.2, 0) is 4.74 Å². The van der Waals surface area contributed by atoms with Crippen LogP contribution in [0.2, 0.25) is 0 Å². The Labute approximate surface area is 146 Å². The van der Waals surface area contributed by atoms with Crippen molar-refractivity contribution in [2.24, 2.45) is 0 Å². The molecule has 24 heavy (non-hydrogen) atoms. The fourth-order valence-corrected chi connectivity index (χ4v) is 3.65. The highest BCUT2D eigenvalue weighted by atomic mass is 16.5. The average Bonchev–Trinajstić information content (AvgIpc) is 2.83. The van der Waals surface area contributed by atoms with Crippen molar-refractivity contribution in [3.63, 3.8) is 0 Å². The average molecular weight is 329 g/mol. The van der Waals surface area contributed by atoms with Gasteiger partial charge >= 0.3 is 0 Å². The van der Waals surface area contributed by atoms with Crippen LogP contribution in [0.15, 0.2) is 24.8 Å². The van der Waals surface area contributed by atoms with E-state index in [9.17, 15) is 0 Å². The summed E-state index contributed by atoms with van der Waals surface area (Å²) in [6, 6.07) is 7.12. The SMILES string of the molecule is C=C(NCCN1CCOCC1(C)C)c1ccc2c(c1)C(C)C(C)N2. The fraction of sp³-hybridized carbons (Fsp3) is 0.600. The molecule has 0 bridgehead atoms. The van der Waals surface area contributed by atoms with Crippen LogP contribution in [-0.4, -0.2) is 49.3 Å². The van der Waals surface area contributed by atoms with Gasteiger partial charge in [-0.25, -0.2) is 0 Å². The van der Waals surface area contributed by atoms with E-state index in [2.05, 4.69) is 68.0 Å². The highest BCUT2D eigenvalue weighted by Gasteiger charge is 2.30. The number of nitrogens with one attached hydrogen (secondary N) is 2. The van der Waals surface area contributed by atoms with Gasteiger partial charge in [0.25, 0.3) is 0 Å². The third-order valence-electron chi connectivity index (χ3n) is 5.56. The van der Waals surface area contributed by atoms with E-state index in [0.29, 0.717) is 12.0 Å². The number of rotatable bonds is 5. The smallest absolute Gasteiger partial charge is 0.0645 e. The maximum atomic E-state index is 5.59. The molecule has 3 rings (SSSR count). The summed E-state index contributed by atoms with van der Waals surface area (Å²) in [5.41, 5.74) is 4.98. The Morgan fingerprint density at radius 3 is 2.96 bits per heavy atom. The molecule has 1 fully saturated rings. The van der Waals surface area contributed by atoms with Crippen molar-refractivity contribution < 1.29 is 4.74 Å². The van der Waals surface area contributed by atoms with Crippen molar-refractivity contribution in [1.82, 2.24) is 10.2 Å². The molecular formula is C20H31N3O. The Morgan fingerprint density at radius 2 is 2.21 bits per heavy atom.